The van der Waals surface area contributed by atoms with Crippen molar-refractivity contribution in [1.29, 1.82) is 0 Å². The van der Waals surface area contributed by atoms with Gasteiger partial charge in [0.2, 0.25) is 0 Å². The number of nitrogens with zero attached hydrogens (tertiary/aromatic N) is 1. The molecule has 0 aliphatic heterocycles. The summed E-state index contributed by atoms with van der Waals surface area (Å²) < 4.78 is 37.8. The van der Waals surface area contributed by atoms with Gasteiger partial charge in [0.25, 0.3) is 0 Å². The van der Waals surface area contributed by atoms with Gasteiger partial charge in [0.1, 0.15) is 0 Å². The van der Waals surface area contributed by atoms with Crippen LogP contribution in [0, 0.1) is 11.8 Å². The van der Waals surface area contributed by atoms with Crippen molar-refractivity contribution in [3.05, 3.63) is 0 Å². The Kier molecular flexibility index (Phi) is 3.45. The second-order valence-corrected chi connectivity index (χ2v) is 5.10. The van der Waals surface area contributed by atoms with Crippen LogP contribution in [-0.4, -0.2) is 36.8 Å². The van der Waals surface area contributed by atoms with Gasteiger partial charge < -0.3 is 5.73 Å². The fraction of sp³-hybridized carbons (Fsp3) is 1.00. The van der Waals surface area contributed by atoms with E-state index in [-0.39, 0.29) is 13.1 Å². The van der Waals surface area contributed by atoms with Crippen LogP contribution in [0.4, 0.5) is 13.2 Å². The third kappa shape index (κ3) is 3.35. The van der Waals surface area contributed by atoms with Crippen LogP contribution in [0.1, 0.15) is 25.7 Å². The normalized spacial score (nSPS) is 23.8. The van der Waals surface area contributed by atoms with E-state index in [0.717, 1.165) is 19.4 Å². The molecule has 0 heterocycles. The van der Waals surface area contributed by atoms with Gasteiger partial charge in [-0.05, 0) is 31.6 Å². The zero-order chi connectivity index (χ0) is 11.8. The van der Waals surface area contributed by atoms with E-state index in [1.807, 2.05) is 4.90 Å². The first kappa shape index (κ1) is 12.2. The fourth-order valence-corrected chi connectivity index (χ4v) is 2.04. The lowest BCUT2D eigenvalue weighted by molar-refractivity contribution is -0.176. The van der Waals surface area contributed by atoms with Crippen LogP contribution in [-0.2, 0) is 0 Å². The highest BCUT2D eigenvalue weighted by Crippen LogP contribution is 2.36. The number of halogens is 3. The summed E-state index contributed by atoms with van der Waals surface area (Å²) in [4.78, 5) is 2.02. The van der Waals surface area contributed by atoms with Crippen LogP contribution in [0.3, 0.4) is 0 Å². The van der Waals surface area contributed by atoms with Crippen molar-refractivity contribution in [2.75, 3.05) is 19.6 Å². The van der Waals surface area contributed by atoms with Crippen LogP contribution in [0.2, 0.25) is 0 Å². The predicted octanol–water partition coefficient (Wildman–Crippen LogP) is 2.00. The topological polar surface area (TPSA) is 29.3 Å². The highest BCUT2D eigenvalue weighted by molar-refractivity contribution is 4.90. The molecule has 0 amide bonds. The second-order valence-electron chi connectivity index (χ2n) is 5.10. The van der Waals surface area contributed by atoms with Crippen molar-refractivity contribution in [1.82, 2.24) is 4.90 Å². The van der Waals surface area contributed by atoms with Crippen LogP contribution in [0.5, 0.6) is 0 Å². The minimum Gasteiger partial charge on any atom is -0.330 e. The molecule has 94 valence electrons. The van der Waals surface area contributed by atoms with Gasteiger partial charge >= 0.3 is 6.18 Å². The Hall–Kier alpha value is -0.290. The number of hydrogen-bond donors (Lipinski definition) is 1. The Labute approximate surface area is 94.0 Å². The SMILES string of the molecule is NCC(CN(CC1CC1)C1CC1)C(F)(F)F. The lowest BCUT2D eigenvalue weighted by atomic mass is 10.1. The van der Waals surface area contributed by atoms with Crippen LogP contribution < -0.4 is 5.73 Å². The van der Waals surface area contributed by atoms with Crippen molar-refractivity contribution in [2.24, 2.45) is 17.6 Å². The fourth-order valence-electron chi connectivity index (χ4n) is 2.04. The van der Waals surface area contributed by atoms with E-state index in [1.54, 1.807) is 0 Å². The molecular formula is C11H19F3N2. The number of hydrogen-bond acceptors (Lipinski definition) is 2. The van der Waals surface area contributed by atoms with Gasteiger partial charge in [0, 0.05) is 25.7 Å². The molecule has 0 aromatic carbocycles. The first-order valence-corrected chi connectivity index (χ1v) is 6.01. The van der Waals surface area contributed by atoms with Gasteiger partial charge in [-0.15, -0.1) is 0 Å². The van der Waals surface area contributed by atoms with Crippen LogP contribution >= 0.6 is 0 Å². The molecule has 2 nitrogen and oxygen atoms in total. The monoisotopic (exact) mass is 236 g/mol. The summed E-state index contributed by atoms with van der Waals surface area (Å²) in [5, 5.41) is 0. The molecule has 0 spiro atoms. The summed E-state index contributed by atoms with van der Waals surface area (Å²) >= 11 is 0. The van der Waals surface area contributed by atoms with Gasteiger partial charge in [-0.1, -0.05) is 0 Å². The summed E-state index contributed by atoms with van der Waals surface area (Å²) in [6.07, 6.45) is 0.334. The van der Waals surface area contributed by atoms with E-state index in [1.165, 1.54) is 12.8 Å². The summed E-state index contributed by atoms with van der Waals surface area (Å²) in [6, 6.07) is 0.400. The molecule has 1 unspecified atom stereocenters. The first-order chi connectivity index (χ1) is 7.50. The van der Waals surface area contributed by atoms with E-state index >= 15 is 0 Å². The smallest absolute Gasteiger partial charge is 0.330 e. The molecule has 0 saturated heterocycles. The van der Waals surface area contributed by atoms with Crippen LogP contribution in [0.25, 0.3) is 0 Å². The maximum absolute atomic E-state index is 12.6. The molecule has 0 aromatic heterocycles. The molecule has 5 heteroatoms. The predicted molar refractivity (Wildman–Crippen MR) is 55.9 cm³/mol. The molecule has 2 N–H and O–H groups in total. The van der Waals surface area contributed by atoms with Crippen molar-refractivity contribution >= 4 is 0 Å². The molecular weight excluding hydrogens is 217 g/mol. The minimum absolute atomic E-state index is 0.0984. The second kappa shape index (κ2) is 4.53. The van der Waals surface area contributed by atoms with Gasteiger partial charge in [-0.2, -0.15) is 13.2 Å². The zero-order valence-electron chi connectivity index (χ0n) is 9.34. The number of nitrogens with two attached hydrogens (primary N) is 1. The lowest BCUT2D eigenvalue weighted by Gasteiger charge is -2.28. The van der Waals surface area contributed by atoms with Gasteiger partial charge in [0.05, 0.1) is 5.92 Å². The van der Waals surface area contributed by atoms with E-state index in [0.29, 0.717) is 12.0 Å². The molecule has 2 aliphatic rings. The summed E-state index contributed by atoms with van der Waals surface area (Å²) in [5.74, 6) is -0.709. The van der Waals surface area contributed by atoms with Crippen molar-refractivity contribution < 1.29 is 13.2 Å². The van der Waals surface area contributed by atoms with Crippen molar-refractivity contribution in [3.8, 4) is 0 Å². The Morgan fingerprint density at radius 1 is 1.19 bits per heavy atom. The average Bonchev–Trinajstić information content (AvgIpc) is 2.97. The molecule has 2 rings (SSSR count). The molecule has 0 aromatic rings. The van der Waals surface area contributed by atoms with Crippen molar-refractivity contribution in [3.63, 3.8) is 0 Å². The number of rotatable bonds is 6. The third-order valence-electron chi connectivity index (χ3n) is 3.46. The van der Waals surface area contributed by atoms with Gasteiger partial charge in [-0.3, -0.25) is 4.90 Å². The Morgan fingerprint density at radius 3 is 2.19 bits per heavy atom. The molecule has 2 fully saturated rings. The Bertz CT molecular complexity index is 234. The Morgan fingerprint density at radius 2 is 1.81 bits per heavy atom. The van der Waals surface area contributed by atoms with E-state index < -0.39 is 12.1 Å². The molecule has 1 atom stereocenters. The largest absolute Gasteiger partial charge is 0.394 e. The maximum Gasteiger partial charge on any atom is 0.394 e. The molecule has 0 bridgehead atoms. The average molecular weight is 236 g/mol. The van der Waals surface area contributed by atoms with E-state index in [2.05, 4.69) is 0 Å². The van der Waals surface area contributed by atoms with Crippen LogP contribution in [0.15, 0.2) is 0 Å². The molecule has 16 heavy (non-hydrogen) atoms. The van der Waals surface area contributed by atoms with Crippen molar-refractivity contribution in [2.45, 2.75) is 37.9 Å². The lowest BCUT2D eigenvalue weighted by Crippen LogP contribution is -2.42. The van der Waals surface area contributed by atoms with E-state index in [4.69, 9.17) is 5.73 Å². The molecule has 0 radical (unpaired) electrons. The summed E-state index contributed by atoms with van der Waals surface area (Å²) in [5.41, 5.74) is 5.23. The standard InChI is InChI=1S/C11H19F3N2/c12-11(13,14)9(5-15)7-16(10-3-4-10)6-8-1-2-8/h8-10H,1-7,15H2. The maximum atomic E-state index is 12.6. The quantitative estimate of drug-likeness (QED) is 0.764. The third-order valence-corrected chi connectivity index (χ3v) is 3.46. The highest BCUT2D eigenvalue weighted by Gasteiger charge is 2.42. The summed E-state index contributed by atoms with van der Waals surface area (Å²) in [6.45, 7) is 0.649. The summed E-state index contributed by atoms with van der Waals surface area (Å²) in [7, 11) is 0. The minimum atomic E-state index is -4.15. The zero-order valence-corrected chi connectivity index (χ0v) is 9.34. The Balaban J connectivity index is 1.86. The highest BCUT2D eigenvalue weighted by atomic mass is 19.4. The van der Waals surface area contributed by atoms with Gasteiger partial charge in [-0.25, -0.2) is 0 Å². The van der Waals surface area contributed by atoms with Gasteiger partial charge in [0.15, 0.2) is 0 Å². The number of alkyl halides is 3. The molecule has 2 saturated carbocycles. The molecule has 2 aliphatic carbocycles. The van der Waals surface area contributed by atoms with E-state index in [9.17, 15) is 13.2 Å². The first-order valence-electron chi connectivity index (χ1n) is 6.01.